The second kappa shape index (κ2) is 11.2. The van der Waals surface area contributed by atoms with Crippen molar-refractivity contribution < 1.29 is 32.9 Å². The molecule has 0 aromatic heterocycles. The van der Waals surface area contributed by atoms with E-state index in [-0.39, 0.29) is 24.2 Å². The van der Waals surface area contributed by atoms with Gasteiger partial charge in [0.25, 0.3) is 0 Å². The van der Waals surface area contributed by atoms with Gasteiger partial charge in [0, 0.05) is 6.54 Å². The zero-order valence-corrected chi connectivity index (χ0v) is 19.8. The average Bonchev–Trinajstić information content (AvgIpc) is 3.39. The molecule has 2 atom stereocenters. The predicted octanol–water partition coefficient (Wildman–Crippen LogP) is 5.11. The number of alkyl halides is 3. The Labute approximate surface area is 204 Å². The molecule has 1 unspecified atom stereocenters. The first-order valence-corrected chi connectivity index (χ1v) is 12.4. The first-order valence-electron chi connectivity index (χ1n) is 12.4. The number of ether oxygens (including phenoxy) is 2. The number of nitrogens with zero attached hydrogens (tertiary/aromatic N) is 1. The standard InChI is InChI=1S/C27H34F3NO4/c28-27(29,30)35-25-12-10-24(11-13-25)34-19-23(32)18-31-16-14-22(15-17-31)26(33,21-8-4-5-9-21)20-6-2-1-3-7-20/h1-3,6-7,10-13,21-23,32-33H,4-5,8-9,14-19H2/t23-,26?/m1/s1. The topological polar surface area (TPSA) is 62.2 Å². The molecule has 1 aliphatic carbocycles. The van der Waals surface area contributed by atoms with Gasteiger partial charge in [-0.2, -0.15) is 0 Å². The van der Waals surface area contributed by atoms with Crippen molar-refractivity contribution in [3.8, 4) is 11.5 Å². The summed E-state index contributed by atoms with van der Waals surface area (Å²) in [6.45, 7) is 2.05. The van der Waals surface area contributed by atoms with Gasteiger partial charge in [0.2, 0.25) is 0 Å². The zero-order chi connectivity index (χ0) is 24.9. The van der Waals surface area contributed by atoms with E-state index in [9.17, 15) is 23.4 Å². The molecular weight excluding hydrogens is 459 g/mol. The van der Waals surface area contributed by atoms with Crippen LogP contribution in [0.15, 0.2) is 54.6 Å². The zero-order valence-electron chi connectivity index (χ0n) is 19.8. The van der Waals surface area contributed by atoms with Gasteiger partial charge in [0.15, 0.2) is 0 Å². The SMILES string of the molecule is O[C@@H](COc1ccc(OC(F)(F)F)cc1)CN1CCC(C(O)(c2ccccc2)C2CCCC2)CC1. The number of rotatable bonds is 9. The highest BCUT2D eigenvalue weighted by atomic mass is 19.4. The molecule has 8 heteroatoms. The van der Waals surface area contributed by atoms with Crippen LogP contribution in [0.25, 0.3) is 0 Å². The van der Waals surface area contributed by atoms with Crippen molar-refractivity contribution in [2.75, 3.05) is 26.2 Å². The highest BCUT2D eigenvalue weighted by molar-refractivity contribution is 5.31. The maximum absolute atomic E-state index is 12.3. The van der Waals surface area contributed by atoms with Gasteiger partial charge in [-0.15, -0.1) is 13.2 Å². The van der Waals surface area contributed by atoms with Gasteiger partial charge in [-0.1, -0.05) is 43.2 Å². The van der Waals surface area contributed by atoms with Gasteiger partial charge in [-0.25, -0.2) is 0 Å². The van der Waals surface area contributed by atoms with Crippen molar-refractivity contribution in [3.05, 3.63) is 60.2 Å². The molecule has 0 radical (unpaired) electrons. The Balaban J connectivity index is 1.27. The van der Waals surface area contributed by atoms with E-state index in [1.54, 1.807) is 0 Å². The van der Waals surface area contributed by atoms with Gasteiger partial charge >= 0.3 is 6.36 Å². The largest absolute Gasteiger partial charge is 0.573 e. The number of likely N-dealkylation sites (tertiary alicyclic amines) is 1. The molecule has 192 valence electrons. The van der Waals surface area contributed by atoms with Gasteiger partial charge in [-0.3, -0.25) is 0 Å². The third kappa shape index (κ3) is 6.68. The van der Waals surface area contributed by atoms with Crippen LogP contribution in [0.3, 0.4) is 0 Å². The summed E-state index contributed by atoms with van der Waals surface area (Å²) in [5.74, 6) is 0.506. The summed E-state index contributed by atoms with van der Waals surface area (Å²) in [6, 6.07) is 15.2. The molecule has 2 aromatic rings. The molecule has 0 amide bonds. The smallest absolute Gasteiger partial charge is 0.491 e. The second-order valence-electron chi connectivity index (χ2n) is 9.73. The summed E-state index contributed by atoms with van der Waals surface area (Å²) in [6.07, 6.45) is 0.703. The number of piperidine rings is 1. The molecule has 35 heavy (non-hydrogen) atoms. The van der Waals surface area contributed by atoms with Gasteiger partial charge in [0.1, 0.15) is 24.2 Å². The molecular formula is C27H34F3NO4. The Bertz CT molecular complexity index is 910. The van der Waals surface area contributed by atoms with E-state index in [0.717, 1.165) is 44.3 Å². The van der Waals surface area contributed by atoms with Crippen LogP contribution in [0.5, 0.6) is 11.5 Å². The van der Waals surface area contributed by atoms with Crippen molar-refractivity contribution in [2.45, 2.75) is 56.6 Å². The minimum Gasteiger partial charge on any atom is -0.491 e. The number of halogens is 3. The number of aliphatic hydroxyl groups is 2. The Hall–Kier alpha value is -2.29. The van der Waals surface area contributed by atoms with E-state index in [0.29, 0.717) is 12.3 Å². The molecule has 0 bridgehead atoms. The number of benzene rings is 2. The molecule has 5 nitrogen and oxygen atoms in total. The minimum absolute atomic E-state index is 0.0371. The van der Waals surface area contributed by atoms with Gasteiger partial charge in [0.05, 0.1) is 5.60 Å². The van der Waals surface area contributed by atoms with E-state index >= 15 is 0 Å². The third-order valence-corrected chi connectivity index (χ3v) is 7.39. The fourth-order valence-electron chi connectivity index (χ4n) is 5.71. The molecule has 1 saturated heterocycles. The highest BCUT2D eigenvalue weighted by Crippen LogP contribution is 2.48. The highest BCUT2D eigenvalue weighted by Gasteiger charge is 2.46. The summed E-state index contributed by atoms with van der Waals surface area (Å²) >= 11 is 0. The molecule has 2 N–H and O–H groups in total. The number of β-amino-alcohol motifs (C(OH)–C–C–N with tert-alkyl or cyclic N) is 1. The van der Waals surface area contributed by atoms with Crippen LogP contribution in [0.2, 0.25) is 0 Å². The number of hydrogen-bond donors (Lipinski definition) is 2. The van der Waals surface area contributed by atoms with E-state index in [1.165, 1.54) is 37.1 Å². The van der Waals surface area contributed by atoms with E-state index in [2.05, 4.69) is 9.64 Å². The van der Waals surface area contributed by atoms with Crippen LogP contribution in [-0.2, 0) is 5.60 Å². The number of aliphatic hydroxyl groups excluding tert-OH is 1. The molecule has 2 aromatic carbocycles. The first kappa shape index (κ1) is 25.8. The van der Waals surface area contributed by atoms with Crippen molar-refractivity contribution in [2.24, 2.45) is 11.8 Å². The summed E-state index contributed by atoms with van der Waals surface area (Å²) in [5.41, 5.74) is 0.207. The fraction of sp³-hybridized carbons (Fsp3) is 0.556. The lowest BCUT2D eigenvalue weighted by Gasteiger charge is -2.45. The molecule has 1 aliphatic heterocycles. The molecule has 2 aliphatic rings. The van der Waals surface area contributed by atoms with Crippen molar-refractivity contribution in [1.82, 2.24) is 4.90 Å². The Morgan fingerprint density at radius 1 is 0.857 bits per heavy atom. The van der Waals surface area contributed by atoms with Crippen LogP contribution < -0.4 is 9.47 Å². The first-order chi connectivity index (χ1) is 16.7. The van der Waals surface area contributed by atoms with Gasteiger partial charge in [-0.05, 0) is 80.4 Å². The second-order valence-corrected chi connectivity index (χ2v) is 9.73. The van der Waals surface area contributed by atoms with Crippen LogP contribution in [0, 0.1) is 11.8 Å². The van der Waals surface area contributed by atoms with Crippen LogP contribution >= 0.6 is 0 Å². The molecule has 2 fully saturated rings. The maximum atomic E-state index is 12.3. The summed E-state index contributed by atoms with van der Waals surface area (Å²) in [7, 11) is 0. The summed E-state index contributed by atoms with van der Waals surface area (Å²) < 4.78 is 46.2. The van der Waals surface area contributed by atoms with Crippen LogP contribution in [0.1, 0.15) is 44.1 Å². The number of hydrogen-bond acceptors (Lipinski definition) is 5. The molecule has 1 heterocycles. The van der Waals surface area contributed by atoms with Crippen molar-refractivity contribution >= 4 is 0 Å². The van der Waals surface area contributed by atoms with Crippen LogP contribution in [0.4, 0.5) is 13.2 Å². The fourth-order valence-corrected chi connectivity index (χ4v) is 5.71. The van der Waals surface area contributed by atoms with Gasteiger partial charge < -0.3 is 24.6 Å². The normalized spacial score (nSPS) is 20.9. The monoisotopic (exact) mass is 493 g/mol. The Kier molecular flexibility index (Phi) is 8.24. The molecule has 0 spiro atoms. The maximum Gasteiger partial charge on any atom is 0.573 e. The Morgan fingerprint density at radius 2 is 1.43 bits per heavy atom. The average molecular weight is 494 g/mol. The Morgan fingerprint density at radius 3 is 2.03 bits per heavy atom. The van der Waals surface area contributed by atoms with Crippen molar-refractivity contribution in [3.63, 3.8) is 0 Å². The predicted molar refractivity (Wildman–Crippen MR) is 126 cm³/mol. The lowest BCUT2D eigenvalue weighted by molar-refractivity contribution is -0.274. The summed E-state index contributed by atoms with van der Waals surface area (Å²) in [5, 5.41) is 22.5. The summed E-state index contributed by atoms with van der Waals surface area (Å²) in [4.78, 5) is 2.19. The van der Waals surface area contributed by atoms with E-state index in [1.807, 2.05) is 30.3 Å². The quantitative estimate of drug-likeness (QED) is 0.508. The van der Waals surface area contributed by atoms with E-state index in [4.69, 9.17) is 4.74 Å². The van der Waals surface area contributed by atoms with Crippen LogP contribution in [-0.4, -0.2) is 53.8 Å². The molecule has 1 saturated carbocycles. The lowest BCUT2D eigenvalue weighted by Crippen LogP contribution is -2.48. The molecule has 4 rings (SSSR count). The lowest BCUT2D eigenvalue weighted by atomic mass is 9.68. The third-order valence-electron chi connectivity index (χ3n) is 7.39. The van der Waals surface area contributed by atoms with Crippen molar-refractivity contribution in [1.29, 1.82) is 0 Å². The minimum atomic E-state index is -4.74. The van der Waals surface area contributed by atoms with E-state index < -0.39 is 18.1 Å².